The summed E-state index contributed by atoms with van der Waals surface area (Å²) in [7, 11) is 0. The first kappa shape index (κ1) is 19.1. The number of aromatic nitrogens is 3. The molecule has 3 aromatic rings. The van der Waals surface area contributed by atoms with Gasteiger partial charge in [0.2, 0.25) is 0 Å². The number of pyridine rings is 1. The average Bonchev–Trinajstić information content (AvgIpc) is 2.70. The predicted octanol–water partition coefficient (Wildman–Crippen LogP) is 2.88. The van der Waals surface area contributed by atoms with Gasteiger partial charge in [-0.15, -0.1) is 11.8 Å². The van der Waals surface area contributed by atoms with Crippen molar-refractivity contribution >= 4 is 41.2 Å². The number of fused-ring (bicyclic) bond motifs is 1. The van der Waals surface area contributed by atoms with Crippen molar-refractivity contribution in [3.8, 4) is 0 Å². The summed E-state index contributed by atoms with van der Waals surface area (Å²) in [4.78, 5) is 5.39. The Morgan fingerprint density at radius 2 is 2.04 bits per heavy atom. The van der Waals surface area contributed by atoms with Gasteiger partial charge in [-0.2, -0.15) is 5.10 Å². The Bertz CT molecular complexity index is 994. The number of benzene rings is 1. The number of nitrogens with one attached hydrogen (secondary N) is 3. The van der Waals surface area contributed by atoms with Crippen LogP contribution in [0.25, 0.3) is 16.5 Å². The quantitative estimate of drug-likeness (QED) is 0.409. The van der Waals surface area contributed by atoms with Gasteiger partial charge >= 0.3 is 0 Å². The van der Waals surface area contributed by atoms with Crippen molar-refractivity contribution < 1.29 is 0 Å². The van der Waals surface area contributed by atoms with Crippen LogP contribution in [0.5, 0.6) is 0 Å². The van der Waals surface area contributed by atoms with Crippen LogP contribution in [-0.2, 0) is 5.88 Å². The van der Waals surface area contributed by atoms with Gasteiger partial charge in [0.1, 0.15) is 5.49 Å². The average molecular weight is 365 g/mol. The zero-order valence-electron chi connectivity index (χ0n) is 14.0. The fourth-order valence-electron chi connectivity index (χ4n) is 2.20. The number of nitrogens with two attached hydrogens (primary N) is 1. The van der Waals surface area contributed by atoms with E-state index >= 15 is 0 Å². The van der Waals surface area contributed by atoms with Crippen molar-refractivity contribution in [1.29, 1.82) is 16.2 Å². The normalized spacial score (nSPS) is 10.8. The third-order valence-electron chi connectivity index (χ3n) is 3.46. The summed E-state index contributed by atoms with van der Waals surface area (Å²) in [6.45, 7) is 2.50. The Kier molecular flexibility index (Phi) is 6.81. The molecule has 3 rings (SSSR count). The molecule has 0 unspecified atom stereocenters. The molecule has 0 saturated carbocycles. The molecule has 5 N–H and O–H groups in total. The van der Waals surface area contributed by atoms with Crippen LogP contribution in [0.2, 0.25) is 0 Å². The van der Waals surface area contributed by atoms with Crippen molar-refractivity contribution in [3.63, 3.8) is 0 Å². The lowest BCUT2D eigenvalue weighted by molar-refractivity contribution is 0.664. The lowest BCUT2D eigenvalue weighted by atomic mass is 10.2. The summed E-state index contributed by atoms with van der Waals surface area (Å²) in [6, 6.07) is 13.3. The molecule has 132 valence electrons. The molecule has 0 bridgehead atoms. The first-order chi connectivity index (χ1) is 12.7. The molecule has 1 aromatic carbocycles. The van der Waals surface area contributed by atoms with Crippen LogP contribution in [-0.4, -0.2) is 27.7 Å². The molecule has 0 amide bonds. The van der Waals surface area contributed by atoms with Crippen LogP contribution < -0.4 is 11.2 Å². The molecule has 7 nitrogen and oxygen atoms in total. The van der Waals surface area contributed by atoms with E-state index in [2.05, 4.69) is 22.9 Å². The number of rotatable bonds is 5. The van der Waals surface area contributed by atoms with Crippen molar-refractivity contribution in [2.75, 3.05) is 0 Å². The second kappa shape index (κ2) is 9.28. The third kappa shape index (κ3) is 4.42. The Labute approximate surface area is 155 Å². The lowest BCUT2D eigenvalue weighted by Crippen LogP contribution is -2.22. The minimum absolute atomic E-state index is 0.301. The second-order valence-corrected chi connectivity index (χ2v) is 6.02. The predicted molar refractivity (Wildman–Crippen MR) is 106 cm³/mol. The summed E-state index contributed by atoms with van der Waals surface area (Å²) < 4.78 is 1.58. The zero-order valence-corrected chi connectivity index (χ0v) is 14.8. The molecule has 0 fully saturated rings. The number of thioether (sulfide) groups is 1. The minimum Gasteiger partial charge on any atom is -0.404 e. The summed E-state index contributed by atoms with van der Waals surface area (Å²) >= 11 is 1.58. The van der Waals surface area contributed by atoms with E-state index < -0.39 is 0 Å². The Hall–Kier alpha value is -3.26. The van der Waals surface area contributed by atoms with Crippen LogP contribution in [0.3, 0.4) is 0 Å². The Morgan fingerprint density at radius 3 is 2.77 bits per heavy atom. The van der Waals surface area contributed by atoms with Crippen LogP contribution in [0, 0.1) is 16.2 Å². The molecule has 0 radical (unpaired) electrons. The van der Waals surface area contributed by atoms with Gasteiger partial charge in [0.05, 0.1) is 17.1 Å². The maximum atomic E-state index is 7.99. The minimum atomic E-state index is 0.301. The molecule has 0 aliphatic carbocycles. The molecule has 0 aliphatic heterocycles. The van der Waals surface area contributed by atoms with Gasteiger partial charge in [-0.25, -0.2) is 4.68 Å². The maximum Gasteiger partial charge on any atom is 0.142 e. The molecule has 0 aliphatic rings. The molecule has 0 saturated heterocycles. The van der Waals surface area contributed by atoms with Gasteiger partial charge in [0.25, 0.3) is 0 Å². The molecular weight excluding hydrogens is 346 g/mol. The summed E-state index contributed by atoms with van der Waals surface area (Å²) in [5.74, 6) is 0.494. The van der Waals surface area contributed by atoms with Gasteiger partial charge < -0.3 is 16.6 Å². The highest BCUT2D eigenvalue weighted by Gasteiger charge is 2.04. The Balaban J connectivity index is 0.00000117. The molecule has 0 spiro atoms. The van der Waals surface area contributed by atoms with Crippen molar-refractivity contribution in [3.05, 3.63) is 66.0 Å². The van der Waals surface area contributed by atoms with E-state index in [1.807, 2.05) is 24.3 Å². The molecule has 2 heterocycles. The van der Waals surface area contributed by atoms with Crippen LogP contribution in [0.1, 0.15) is 5.69 Å². The van der Waals surface area contributed by atoms with Crippen LogP contribution in [0.15, 0.2) is 59.8 Å². The largest absolute Gasteiger partial charge is 0.404 e. The highest BCUT2D eigenvalue weighted by molar-refractivity contribution is 7.98. The molecular formula is C18H19N7S. The number of nitrogens with zero attached hydrogens (tertiary/aromatic N) is 3. The molecule has 26 heavy (non-hydrogen) atoms. The topological polar surface area (TPSA) is 128 Å². The van der Waals surface area contributed by atoms with Gasteiger partial charge in [0, 0.05) is 34.5 Å². The van der Waals surface area contributed by atoms with Crippen LogP contribution >= 0.6 is 11.8 Å². The van der Waals surface area contributed by atoms with Gasteiger partial charge in [-0.3, -0.25) is 10.4 Å². The first-order valence-electron chi connectivity index (χ1n) is 7.60. The van der Waals surface area contributed by atoms with E-state index in [1.165, 1.54) is 6.20 Å². The van der Waals surface area contributed by atoms with Gasteiger partial charge in [-0.05, 0) is 43.1 Å². The highest BCUT2D eigenvalue weighted by atomic mass is 32.2. The molecule has 0 atom stereocenters. The fraction of sp³-hybridized carbons (Fsp3) is 0.0556. The highest BCUT2D eigenvalue weighted by Crippen LogP contribution is 2.23. The van der Waals surface area contributed by atoms with Crippen molar-refractivity contribution in [2.24, 2.45) is 5.73 Å². The third-order valence-corrected chi connectivity index (χ3v) is 4.43. The maximum absolute atomic E-state index is 7.99. The zero-order chi connectivity index (χ0) is 18.9. The van der Waals surface area contributed by atoms with E-state index in [4.69, 9.17) is 22.0 Å². The summed E-state index contributed by atoms with van der Waals surface area (Å²) in [5, 5.41) is 26.3. The fourth-order valence-corrected chi connectivity index (χ4v) is 3.04. The van der Waals surface area contributed by atoms with E-state index in [0.29, 0.717) is 22.6 Å². The van der Waals surface area contributed by atoms with Crippen molar-refractivity contribution in [1.82, 2.24) is 14.8 Å². The lowest BCUT2D eigenvalue weighted by Gasteiger charge is -2.09. The molecule has 2 aromatic heterocycles. The van der Waals surface area contributed by atoms with E-state index in [9.17, 15) is 0 Å². The monoisotopic (exact) mass is 365 g/mol. The first-order valence-corrected chi connectivity index (χ1v) is 8.58. The van der Waals surface area contributed by atoms with E-state index in [0.717, 1.165) is 22.0 Å². The van der Waals surface area contributed by atoms with Crippen molar-refractivity contribution in [2.45, 2.75) is 10.8 Å². The van der Waals surface area contributed by atoms with Crippen LogP contribution in [0.4, 0.5) is 0 Å². The standard InChI is InChI=1S/C17H16N6S.CH3N/c18-9-13(10-19)16-5-6-17(20)23(22-16)11-24-14-3-4-15-12(8-14)2-1-7-21-15;1-2/h1-10,18,20H,11,19H2;2H,1H2/b13-10+,18-9?,20-17?;. The smallest absolute Gasteiger partial charge is 0.142 e. The van der Waals surface area contributed by atoms with E-state index in [1.54, 1.807) is 34.8 Å². The summed E-state index contributed by atoms with van der Waals surface area (Å²) in [6.07, 6.45) is 4.27. The van der Waals surface area contributed by atoms with Gasteiger partial charge in [-0.1, -0.05) is 6.07 Å². The second-order valence-electron chi connectivity index (χ2n) is 5.00. The number of allylic oxidation sites excluding steroid dienone is 1. The van der Waals surface area contributed by atoms with Gasteiger partial charge in [0.15, 0.2) is 0 Å². The Morgan fingerprint density at radius 1 is 1.23 bits per heavy atom. The molecule has 8 heteroatoms. The SMILES string of the molecule is C=N.N=C/C(=C\N)c1ccc(=N)n(CSc2ccc3ncccc3c2)n1. The number of hydrogen-bond donors (Lipinski definition) is 4. The number of hydrogen-bond acceptors (Lipinski definition) is 7. The van der Waals surface area contributed by atoms with E-state index in [-0.39, 0.29) is 0 Å². The summed E-state index contributed by atoms with van der Waals surface area (Å²) in [5.41, 5.74) is 7.85.